The Kier molecular flexibility index (Phi) is 3.47. The summed E-state index contributed by atoms with van der Waals surface area (Å²) < 4.78 is 118. The van der Waals surface area contributed by atoms with Crippen LogP contribution < -0.4 is 0 Å². The fraction of sp³-hybridized carbons (Fsp3) is 1.00. The quantitative estimate of drug-likeness (QED) is 0.548. The highest BCUT2D eigenvalue weighted by atomic mass is 19.4. The van der Waals surface area contributed by atoms with Crippen molar-refractivity contribution in [2.24, 2.45) is 0 Å². The molecule has 0 aliphatic carbocycles. The minimum absolute atomic E-state index is 0.680. The van der Waals surface area contributed by atoms with E-state index in [4.69, 9.17) is 0 Å². The molecule has 0 radical (unpaired) electrons. The lowest BCUT2D eigenvalue weighted by atomic mass is 10.4. The van der Waals surface area contributed by atoms with E-state index in [0.717, 1.165) is 0 Å². The molecule has 0 amide bonds. The normalized spacial score (nSPS) is 15.8. The van der Waals surface area contributed by atoms with Gasteiger partial charge in [0.25, 0.3) is 0 Å². The van der Waals surface area contributed by atoms with Gasteiger partial charge < -0.3 is 0 Å². The molecule has 0 fully saturated rings. The topological polar surface area (TPSA) is 3.24 Å². The van der Waals surface area contributed by atoms with Crippen LogP contribution in [0.25, 0.3) is 0 Å². The van der Waals surface area contributed by atoms with Crippen LogP contribution in [0.5, 0.6) is 0 Å². The summed E-state index contributed by atoms with van der Waals surface area (Å²) in [6, 6.07) is -12.6. The highest BCUT2D eigenvalue weighted by Crippen LogP contribution is 2.47. The molecule has 0 aromatic carbocycles. The van der Waals surface area contributed by atoms with E-state index in [2.05, 4.69) is 0 Å². The van der Waals surface area contributed by atoms with Gasteiger partial charge in [-0.1, -0.05) is 0 Å². The Balaban J connectivity index is 5.30. The zero-order chi connectivity index (χ0) is 13.6. The molecule has 0 saturated heterocycles. The second kappa shape index (κ2) is 3.64. The summed E-state index contributed by atoms with van der Waals surface area (Å²) in [6.45, 7) is 0. The molecule has 0 unspecified atom stereocenters. The second-order valence-electron chi connectivity index (χ2n) is 2.64. The summed E-state index contributed by atoms with van der Waals surface area (Å²) in [5.41, 5.74) is 0. The van der Waals surface area contributed by atoms with E-state index < -0.39 is 36.4 Å². The van der Waals surface area contributed by atoms with Crippen LogP contribution in [0, 0.1) is 0 Å². The number of nitrogens with zero attached hydrogens (tertiary/aromatic N) is 1. The van der Waals surface area contributed by atoms with Crippen LogP contribution in [0.1, 0.15) is 0 Å². The number of alkyl halides is 10. The minimum Gasteiger partial charge on any atom is -0.178 e. The Morgan fingerprint density at radius 3 is 0.875 bits per heavy atom. The van der Waals surface area contributed by atoms with Crippen molar-refractivity contribution in [1.82, 2.24) is 4.90 Å². The summed E-state index contributed by atoms with van der Waals surface area (Å²) in [7, 11) is -0.680. The first kappa shape index (κ1) is 15.3. The molecule has 0 rings (SSSR count). The zero-order valence-electron chi connectivity index (χ0n) is 7.23. The van der Waals surface area contributed by atoms with Crippen LogP contribution in [0.2, 0.25) is 0 Å². The highest BCUT2D eigenvalue weighted by Gasteiger charge is 2.73. The van der Waals surface area contributed by atoms with Gasteiger partial charge in [0.15, 0.2) is 0 Å². The average Bonchev–Trinajstić information content (AvgIpc) is 1.98. The molecule has 11 heteroatoms. The first-order valence-electron chi connectivity index (χ1n) is 3.28. The van der Waals surface area contributed by atoms with Crippen molar-refractivity contribution in [2.45, 2.75) is 24.4 Å². The minimum atomic E-state index is -6.55. The van der Waals surface area contributed by atoms with E-state index in [1.54, 1.807) is 0 Å². The smallest absolute Gasteiger partial charge is 0.178 e. The molecule has 0 N–H and O–H groups in total. The van der Waals surface area contributed by atoms with Crippen molar-refractivity contribution < 1.29 is 43.9 Å². The summed E-state index contributed by atoms with van der Waals surface area (Å²) in [4.78, 5) is -2.38. The predicted octanol–water partition coefficient (Wildman–Crippen LogP) is 3.23. The molecule has 0 aliphatic heterocycles. The Morgan fingerprint density at radius 2 is 0.750 bits per heavy atom. The Labute approximate surface area is 81.6 Å². The highest BCUT2D eigenvalue weighted by molar-refractivity contribution is 4.84. The third kappa shape index (κ3) is 2.33. The van der Waals surface area contributed by atoms with Crippen LogP contribution in [0.3, 0.4) is 0 Å². The van der Waals surface area contributed by atoms with E-state index in [0.29, 0.717) is 0 Å². The van der Waals surface area contributed by atoms with Gasteiger partial charge in [-0.2, -0.15) is 48.8 Å². The molecule has 0 aromatic rings. The van der Waals surface area contributed by atoms with Gasteiger partial charge >= 0.3 is 24.4 Å². The third-order valence-corrected chi connectivity index (χ3v) is 1.52. The summed E-state index contributed by atoms with van der Waals surface area (Å²) in [5, 5.41) is 0. The van der Waals surface area contributed by atoms with Gasteiger partial charge in [-0.15, -0.1) is 0 Å². The maximum atomic E-state index is 12.2. The average molecular weight is 267 g/mol. The third-order valence-electron chi connectivity index (χ3n) is 1.52. The fourth-order valence-electron chi connectivity index (χ4n) is 0.557. The number of hydrogen-bond acceptors (Lipinski definition) is 1. The van der Waals surface area contributed by atoms with Crippen LogP contribution in [-0.2, 0) is 0 Å². The number of rotatable bonds is 2. The lowest BCUT2D eigenvalue weighted by Gasteiger charge is -2.35. The van der Waals surface area contributed by atoms with Crippen molar-refractivity contribution in [2.75, 3.05) is 7.05 Å². The largest absolute Gasteiger partial charge is 0.469 e. The van der Waals surface area contributed by atoms with Crippen molar-refractivity contribution in [3.05, 3.63) is 0 Å². The predicted molar refractivity (Wildman–Crippen MR) is 29.8 cm³/mol. The molecule has 0 heterocycles. The van der Waals surface area contributed by atoms with E-state index in [1.807, 2.05) is 0 Å². The van der Waals surface area contributed by atoms with E-state index in [-0.39, 0.29) is 0 Å². The first-order valence-corrected chi connectivity index (χ1v) is 3.28. The molecule has 0 spiro atoms. The second-order valence-corrected chi connectivity index (χ2v) is 2.64. The van der Waals surface area contributed by atoms with Gasteiger partial charge in [0.05, 0.1) is 0 Å². The van der Waals surface area contributed by atoms with E-state index in [1.165, 1.54) is 0 Å². The van der Waals surface area contributed by atoms with Crippen molar-refractivity contribution >= 4 is 0 Å². The number of halogens is 10. The molecule has 98 valence electrons. The van der Waals surface area contributed by atoms with E-state index in [9.17, 15) is 43.9 Å². The molecule has 1 nitrogen and oxygen atoms in total. The molecular weight excluding hydrogens is 264 g/mol. The van der Waals surface area contributed by atoms with Crippen LogP contribution in [-0.4, -0.2) is 36.4 Å². The molecule has 0 bridgehead atoms. The van der Waals surface area contributed by atoms with Crippen LogP contribution in [0.15, 0.2) is 0 Å². The zero-order valence-corrected chi connectivity index (χ0v) is 7.23. The van der Waals surface area contributed by atoms with Crippen molar-refractivity contribution in [3.63, 3.8) is 0 Å². The lowest BCUT2D eigenvalue weighted by molar-refractivity contribution is -0.426. The lowest BCUT2D eigenvalue weighted by Crippen LogP contribution is -2.62. The summed E-state index contributed by atoms with van der Waals surface area (Å²) >= 11 is 0. The molecule has 0 saturated carbocycles. The van der Waals surface area contributed by atoms with Crippen molar-refractivity contribution in [1.29, 1.82) is 0 Å². The van der Waals surface area contributed by atoms with Crippen LogP contribution in [0.4, 0.5) is 43.9 Å². The van der Waals surface area contributed by atoms with Gasteiger partial charge in [-0.05, 0) is 7.05 Å². The van der Waals surface area contributed by atoms with Gasteiger partial charge in [0.1, 0.15) is 0 Å². The van der Waals surface area contributed by atoms with Gasteiger partial charge in [0.2, 0.25) is 0 Å². The monoisotopic (exact) mass is 267 g/mol. The van der Waals surface area contributed by atoms with Crippen molar-refractivity contribution in [3.8, 4) is 0 Å². The standard InChI is InChI=1S/C5H3F10N/c1-16(4(12,13)2(6,7)8)5(14,15)3(9,10)11/h1H3. The SMILES string of the molecule is CN(C(F)(F)C(F)(F)F)C(F)(F)C(F)(F)F. The summed E-state index contributed by atoms with van der Waals surface area (Å²) in [6.07, 6.45) is -13.1. The molecule has 0 atom stereocenters. The molecule has 0 aromatic heterocycles. The van der Waals surface area contributed by atoms with Gasteiger partial charge in [0, 0.05) is 0 Å². The van der Waals surface area contributed by atoms with Gasteiger partial charge in [-0.25, -0.2) is 0 Å². The maximum absolute atomic E-state index is 12.2. The maximum Gasteiger partial charge on any atom is 0.469 e. The summed E-state index contributed by atoms with van der Waals surface area (Å²) in [5.74, 6) is 0. The molecule has 0 aliphatic rings. The Morgan fingerprint density at radius 1 is 0.562 bits per heavy atom. The molecular formula is C5H3F10N. The molecule has 16 heavy (non-hydrogen) atoms. The number of hydrogen-bond donors (Lipinski definition) is 0. The van der Waals surface area contributed by atoms with Gasteiger partial charge in [-0.3, -0.25) is 0 Å². The van der Waals surface area contributed by atoms with Crippen LogP contribution >= 0.6 is 0 Å². The van der Waals surface area contributed by atoms with E-state index >= 15 is 0 Å². The Bertz CT molecular complexity index is 223. The fourth-order valence-corrected chi connectivity index (χ4v) is 0.557. The first-order chi connectivity index (χ1) is 6.65. The Hall–Kier alpha value is -0.740.